The Bertz CT molecular complexity index is 446. The fourth-order valence-corrected chi connectivity index (χ4v) is 2.00. The summed E-state index contributed by atoms with van der Waals surface area (Å²) in [6.07, 6.45) is 2.37. The largest absolute Gasteiger partial charge is 0.371 e. The van der Waals surface area contributed by atoms with Gasteiger partial charge in [-0.25, -0.2) is 4.39 Å². The molecule has 0 amide bonds. The molecule has 92 valence electrons. The van der Waals surface area contributed by atoms with Gasteiger partial charge in [-0.05, 0) is 31.7 Å². The summed E-state index contributed by atoms with van der Waals surface area (Å²) in [5, 5.41) is 10.7. The predicted molar refractivity (Wildman–Crippen MR) is 63.6 cm³/mol. The van der Waals surface area contributed by atoms with Crippen LogP contribution in [0.25, 0.3) is 0 Å². The molecule has 17 heavy (non-hydrogen) atoms. The second-order valence-corrected chi connectivity index (χ2v) is 4.61. The number of rotatable bonds is 4. The maximum atomic E-state index is 13.3. The lowest BCUT2D eigenvalue weighted by molar-refractivity contribution is -0.385. The van der Waals surface area contributed by atoms with Crippen molar-refractivity contribution in [3.63, 3.8) is 0 Å². The van der Waals surface area contributed by atoms with Crippen LogP contribution in [0.1, 0.15) is 19.8 Å². The van der Waals surface area contributed by atoms with Gasteiger partial charge in [-0.3, -0.25) is 10.1 Å². The summed E-state index contributed by atoms with van der Waals surface area (Å²) in [6.45, 7) is 2.06. The SMILES string of the molecule is CC(C1CC1)N(C)c1cc(F)cc([N+](=O)[O-])c1. The highest BCUT2D eigenvalue weighted by atomic mass is 19.1. The van der Waals surface area contributed by atoms with E-state index >= 15 is 0 Å². The first kappa shape index (κ1) is 11.8. The molecule has 0 N–H and O–H groups in total. The molecule has 1 unspecified atom stereocenters. The third kappa shape index (κ3) is 2.54. The average Bonchev–Trinajstić information content (AvgIpc) is 3.10. The lowest BCUT2D eigenvalue weighted by atomic mass is 10.1. The van der Waals surface area contributed by atoms with Crippen LogP contribution in [0.5, 0.6) is 0 Å². The molecule has 0 bridgehead atoms. The summed E-state index contributed by atoms with van der Waals surface area (Å²) < 4.78 is 13.3. The Kier molecular flexibility index (Phi) is 3.00. The van der Waals surface area contributed by atoms with Crippen LogP contribution in [-0.4, -0.2) is 18.0 Å². The molecule has 0 heterocycles. The van der Waals surface area contributed by atoms with E-state index in [0.29, 0.717) is 11.6 Å². The molecular formula is C12H15FN2O2. The Morgan fingerprint density at radius 2 is 2.12 bits per heavy atom. The number of hydrogen-bond acceptors (Lipinski definition) is 3. The van der Waals surface area contributed by atoms with E-state index in [2.05, 4.69) is 6.92 Å². The first-order chi connectivity index (χ1) is 7.99. The maximum Gasteiger partial charge on any atom is 0.274 e. The number of halogens is 1. The maximum absolute atomic E-state index is 13.3. The fourth-order valence-electron chi connectivity index (χ4n) is 2.00. The third-order valence-corrected chi connectivity index (χ3v) is 3.40. The Morgan fingerprint density at radius 3 is 2.65 bits per heavy atom. The zero-order valence-electron chi connectivity index (χ0n) is 9.89. The molecule has 0 spiro atoms. The summed E-state index contributed by atoms with van der Waals surface area (Å²) in [6, 6.07) is 3.99. The highest BCUT2D eigenvalue weighted by molar-refractivity contribution is 5.54. The van der Waals surface area contributed by atoms with E-state index in [0.717, 1.165) is 6.07 Å². The number of nitro groups is 1. The van der Waals surface area contributed by atoms with E-state index in [4.69, 9.17) is 0 Å². The van der Waals surface area contributed by atoms with Gasteiger partial charge in [0.2, 0.25) is 0 Å². The molecule has 0 aromatic heterocycles. The smallest absolute Gasteiger partial charge is 0.274 e. The minimum absolute atomic E-state index is 0.199. The molecule has 5 heteroatoms. The number of benzene rings is 1. The van der Waals surface area contributed by atoms with Gasteiger partial charge in [0.05, 0.1) is 11.0 Å². The van der Waals surface area contributed by atoms with E-state index in [9.17, 15) is 14.5 Å². The van der Waals surface area contributed by atoms with Crippen LogP contribution in [0.2, 0.25) is 0 Å². The van der Waals surface area contributed by atoms with Crippen LogP contribution >= 0.6 is 0 Å². The van der Waals surface area contributed by atoms with Crippen LogP contribution in [0.4, 0.5) is 15.8 Å². The number of nitro benzene ring substituents is 1. The average molecular weight is 238 g/mol. The molecule has 0 saturated heterocycles. The molecule has 1 saturated carbocycles. The second kappa shape index (κ2) is 4.31. The summed E-state index contributed by atoms with van der Waals surface area (Å²) in [4.78, 5) is 12.0. The standard InChI is InChI=1S/C12H15FN2O2/c1-8(9-3-4-9)14(2)11-5-10(13)6-12(7-11)15(16)17/h5-9H,3-4H2,1-2H3. The highest BCUT2D eigenvalue weighted by Crippen LogP contribution is 2.36. The quantitative estimate of drug-likeness (QED) is 0.598. The van der Waals surface area contributed by atoms with Gasteiger partial charge in [0.25, 0.3) is 5.69 Å². The fraction of sp³-hybridized carbons (Fsp3) is 0.500. The van der Waals surface area contributed by atoms with Crippen molar-refractivity contribution in [2.45, 2.75) is 25.8 Å². The van der Waals surface area contributed by atoms with Crippen molar-refractivity contribution in [1.29, 1.82) is 0 Å². The van der Waals surface area contributed by atoms with Gasteiger partial charge in [-0.15, -0.1) is 0 Å². The van der Waals surface area contributed by atoms with E-state index in [1.807, 2.05) is 11.9 Å². The second-order valence-electron chi connectivity index (χ2n) is 4.61. The zero-order chi connectivity index (χ0) is 12.6. The van der Waals surface area contributed by atoms with Gasteiger partial charge in [-0.1, -0.05) is 0 Å². The Morgan fingerprint density at radius 1 is 1.47 bits per heavy atom. The van der Waals surface area contributed by atoms with Crippen molar-refractivity contribution in [2.75, 3.05) is 11.9 Å². The van der Waals surface area contributed by atoms with Gasteiger partial charge >= 0.3 is 0 Å². The van der Waals surface area contributed by atoms with Crippen molar-refractivity contribution >= 4 is 11.4 Å². The highest BCUT2D eigenvalue weighted by Gasteiger charge is 2.31. The summed E-state index contributed by atoms with van der Waals surface area (Å²) in [7, 11) is 1.85. The van der Waals surface area contributed by atoms with Crippen molar-refractivity contribution in [3.05, 3.63) is 34.1 Å². The van der Waals surface area contributed by atoms with Crippen LogP contribution < -0.4 is 4.90 Å². The van der Waals surface area contributed by atoms with Gasteiger partial charge in [-0.2, -0.15) is 0 Å². The number of nitrogens with zero attached hydrogens (tertiary/aromatic N) is 2. The minimum Gasteiger partial charge on any atom is -0.371 e. The van der Waals surface area contributed by atoms with Crippen LogP contribution in [0.15, 0.2) is 18.2 Å². The first-order valence-corrected chi connectivity index (χ1v) is 5.67. The van der Waals surface area contributed by atoms with Crippen molar-refractivity contribution in [1.82, 2.24) is 0 Å². The number of anilines is 1. The molecule has 1 fully saturated rings. The Balaban J connectivity index is 2.27. The summed E-state index contributed by atoms with van der Waals surface area (Å²) >= 11 is 0. The molecule has 4 nitrogen and oxygen atoms in total. The van der Waals surface area contributed by atoms with Crippen molar-refractivity contribution in [2.24, 2.45) is 5.92 Å². The van der Waals surface area contributed by atoms with E-state index in [-0.39, 0.29) is 11.7 Å². The Labute approximate surface area is 99.2 Å². The number of hydrogen-bond donors (Lipinski definition) is 0. The first-order valence-electron chi connectivity index (χ1n) is 5.67. The molecular weight excluding hydrogens is 223 g/mol. The van der Waals surface area contributed by atoms with E-state index < -0.39 is 10.7 Å². The molecule has 1 aromatic rings. The van der Waals surface area contributed by atoms with Crippen LogP contribution in [0.3, 0.4) is 0 Å². The molecule has 1 aliphatic carbocycles. The molecule has 0 aliphatic heterocycles. The van der Waals surface area contributed by atoms with E-state index in [1.54, 1.807) is 0 Å². The topological polar surface area (TPSA) is 46.4 Å². The van der Waals surface area contributed by atoms with Crippen molar-refractivity contribution in [3.8, 4) is 0 Å². The van der Waals surface area contributed by atoms with Crippen molar-refractivity contribution < 1.29 is 9.31 Å². The van der Waals surface area contributed by atoms with Crippen LogP contribution in [0, 0.1) is 21.8 Å². The van der Waals surface area contributed by atoms with E-state index in [1.165, 1.54) is 25.0 Å². The predicted octanol–water partition coefficient (Wildman–Crippen LogP) is 2.97. The van der Waals surface area contributed by atoms with Gasteiger partial charge < -0.3 is 4.90 Å². The molecule has 2 rings (SSSR count). The molecule has 1 atom stereocenters. The van der Waals surface area contributed by atoms with Crippen LogP contribution in [-0.2, 0) is 0 Å². The lowest BCUT2D eigenvalue weighted by Crippen LogP contribution is -2.30. The Hall–Kier alpha value is -1.65. The lowest BCUT2D eigenvalue weighted by Gasteiger charge is -2.26. The monoisotopic (exact) mass is 238 g/mol. The summed E-state index contributed by atoms with van der Waals surface area (Å²) in [5.74, 6) is 0.0615. The molecule has 0 radical (unpaired) electrons. The zero-order valence-corrected chi connectivity index (χ0v) is 9.89. The van der Waals surface area contributed by atoms with Gasteiger partial charge in [0.1, 0.15) is 5.82 Å². The van der Waals surface area contributed by atoms with Gasteiger partial charge in [0.15, 0.2) is 0 Å². The molecule has 1 aromatic carbocycles. The molecule has 1 aliphatic rings. The number of non-ortho nitro benzene ring substituents is 1. The third-order valence-electron chi connectivity index (χ3n) is 3.40. The minimum atomic E-state index is -0.567. The summed E-state index contributed by atoms with van der Waals surface area (Å²) in [5.41, 5.74) is 0.367. The van der Waals surface area contributed by atoms with Gasteiger partial charge in [0, 0.05) is 24.8 Å². The normalized spacial score (nSPS) is 16.6.